The van der Waals surface area contributed by atoms with Crippen molar-refractivity contribution in [1.29, 1.82) is 0 Å². The van der Waals surface area contributed by atoms with Crippen molar-refractivity contribution in [3.8, 4) is 0 Å². The van der Waals surface area contributed by atoms with E-state index in [0.717, 1.165) is 11.1 Å². The van der Waals surface area contributed by atoms with Crippen LogP contribution in [0, 0.1) is 11.8 Å². The first-order chi connectivity index (χ1) is 18.7. The smallest absolute Gasteiger partial charge is 0.202 e. The summed E-state index contributed by atoms with van der Waals surface area (Å²) in [6.45, 7) is 0. The minimum Gasteiger partial charge on any atom is -0.461 e. The molecule has 5 aromatic rings. The number of rotatable bonds is 8. The van der Waals surface area contributed by atoms with Crippen LogP contribution in [0.15, 0.2) is 131 Å². The van der Waals surface area contributed by atoms with Gasteiger partial charge in [0.25, 0.3) is 0 Å². The molecular weight excluding hydrogens is 472 g/mol. The van der Waals surface area contributed by atoms with Gasteiger partial charge in [-0.2, -0.15) is 0 Å². The number of ketones is 2. The zero-order valence-corrected chi connectivity index (χ0v) is 20.6. The van der Waals surface area contributed by atoms with Crippen LogP contribution in [0.1, 0.15) is 67.0 Å². The van der Waals surface area contributed by atoms with Crippen molar-refractivity contribution >= 4 is 11.6 Å². The Morgan fingerprint density at radius 1 is 0.421 bits per heavy atom. The summed E-state index contributed by atoms with van der Waals surface area (Å²) in [5, 5.41) is 0. The summed E-state index contributed by atoms with van der Waals surface area (Å²) in [6, 6.07) is 36.0. The van der Waals surface area contributed by atoms with Crippen LogP contribution in [0.2, 0.25) is 0 Å². The number of benzene rings is 3. The largest absolute Gasteiger partial charge is 0.461 e. The molecule has 3 aromatic carbocycles. The van der Waals surface area contributed by atoms with Crippen molar-refractivity contribution in [2.24, 2.45) is 11.8 Å². The lowest BCUT2D eigenvalue weighted by Gasteiger charge is -2.05. The predicted octanol–water partition coefficient (Wildman–Crippen LogP) is 7.63. The molecule has 38 heavy (non-hydrogen) atoms. The summed E-state index contributed by atoms with van der Waals surface area (Å²) in [4.78, 5) is 26.6. The molecule has 0 N–H and O–H groups in total. The molecule has 6 unspecified atom stereocenters. The van der Waals surface area contributed by atoms with E-state index in [4.69, 9.17) is 8.83 Å². The highest BCUT2D eigenvalue weighted by Crippen LogP contribution is 2.63. The van der Waals surface area contributed by atoms with Crippen molar-refractivity contribution in [2.75, 3.05) is 0 Å². The Morgan fingerprint density at radius 2 is 0.763 bits per heavy atom. The van der Waals surface area contributed by atoms with Gasteiger partial charge in [-0.25, -0.2) is 0 Å². The van der Waals surface area contributed by atoms with Crippen LogP contribution in [0.4, 0.5) is 0 Å². The predicted molar refractivity (Wildman–Crippen MR) is 143 cm³/mol. The standard InChI is InChI=1S/C34H26O4/c35-33(25-13-7-19-37-25)31-27(21-9-3-1-4-10-21)29(31)23-15-17-24(18-16-23)30-28(22-11-5-2-6-12-22)32(30)34(36)26-14-8-20-38-26/h1-20,27-32H. The maximum atomic E-state index is 13.3. The fourth-order valence-corrected chi connectivity index (χ4v) is 6.39. The van der Waals surface area contributed by atoms with E-state index in [1.54, 1.807) is 36.8 Å². The quantitative estimate of drug-likeness (QED) is 0.206. The molecule has 0 radical (unpaired) electrons. The third-order valence-corrected chi connectivity index (χ3v) is 8.25. The Bertz CT molecular complexity index is 1430. The van der Waals surface area contributed by atoms with Crippen molar-refractivity contribution in [2.45, 2.75) is 23.7 Å². The molecule has 2 aromatic heterocycles. The van der Waals surface area contributed by atoms with E-state index in [9.17, 15) is 9.59 Å². The zero-order chi connectivity index (χ0) is 25.6. The summed E-state index contributed by atoms with van der Waals surface area (Å²) in [5.74, 6) is 1.04. The third kappa shape index (κ3) is 3.84. The lowest BCUT2D eigenvalue weighted by atomic mass is 9.99. The maximum absolute atomic E-state index is 13.3. The average molecular weight is 499 g/mol. The fraction of sp³-hybridized carbons (Fsp3) is 0.176. The molecule has 4 heteroatoms. The highest BCUT2D eigenvalue weighted by atomic mass is 16.3. The average Bonchev–Trinajstić information content (AvgIpc) is 3.69. The molecule has 0 amide bonds. The van der Waals surface area contributed by atoms with Crippen LogP contribution in [-0.4, -0.2) is 11.6 Å². The van der Waals surface area contributed by atoms with E-state index in [2.05, 4.69) is 48.5 Å². The number of furan rings is 2. The van der Waals surface area contributed by atoms with Gasteiger partial charge < -0.3 is 8.83 Å². The van der Waals surface area contributed by atoms with Crippen LogP contribution >= 0.6 is 0 Å². The number of Topliss-reactive ketones (excluding diaryl/α,β-unsaturated/α-hetero) is 2. The first kappa shape index (κ1) is 22.7. The number of carbonyl (C=O) groups is 2. The summed E-state index contributed by atoms with van der Waals surface area (Å²) in [7, 11) is 0. The molecule has 7 rings (SSSR count). The molecule has 0 saturated heterocycles. The van der Waals surface area contributed by atoms with Gasteiger partial charge >= 0.3 is 0 Å². The van der Waals surface area contributed by atoms with Gasteiger partial charge in [0, 0.05) is 35.5 Å². The van der Waals surface area contributed by atoms with Crippen molar-refractivity contribution < 1.29 is 18.4 Å². The minimum atomic E-state index is -0.152. The first-order valence-corrected chi connectivity index (χ1v) is 13.1. The van der Waals surface area contributed by atoms with E-state index < -0.39 is 0 Å². The van der Waals surface area contributed by atoms with Gasteiger partial charge in [0.1, 0.15) is 0 Å². The lowest BCUT2D eigenvalue weighted by molar-refractivity contribution is 0.0928. The monoisotopic (exact) mass is 498 g/mol. The van der Waals surface area contributed by atoms with Crippen LogP contribution < -0.4 is 0 Å². The van der Waals surface area contributed by atoms with E-state index in [1.807, 2.05) is 36.4 Å². The van der Waals surface area contributed by atoms with Gasteiger partial charge in [0.05, 0.1) is 12.5 Å². The molecule has 6 atom stereocenters. The molecule has 2 aliphatic carbocycles. The van der Waals surface area contributed by atoms with Crippen LogP contribution in [0.3, 0.4) is 0 Å². The highest BCUT2D eigenvalue weighted by molar-refractivity contribution is 6.00. The molecule has 186 valence electrons. The van der Waals surface area contributed by atoms with Crippen LogP contribution in [-0.2, 0) is 0 Å². The molecule has 0 aliphatic heterocycles. The Balaban J connectivity index is 1.18. The molecule has 2 saturated carbocycles. The minimum absolute atomic E-state index is 0.0494. The van der Waals surface area contributed by atoms with Gasteiger partial charge in [0.2, 0.25) is 11.6 Å². The van der Waals surface area contributed by atoms with Crippen molar-refractivity contribution in [3.63, 3.8) is 0 Å². The highest BCUT2D eigenvalue weighted by Gasteiger charge is 2.58. The molecule has 0 bridgehead atoms. The lowest BCUT2D eigenvalue weighted by Crippen LogP contribution is -2.03. The van der Waals surface area contributed by atoms with E-state index in [1.165, 1.54) is 11.1 Å². The molecule has 2 fully saturated rings. The Morgan fingerprint density at radius 3 is 1.08 bits per heavy atom. The molecule has 2 heterocycles. The SMILES string of the molecule is O=C(c1ccco1)C1C(c2ccccc2)C1c1ccc(C2C(C(=O)c3ccco3)C2c2ccccc2)cc1. The molecule has 0 spiro atoms. The van der Waals surface area contributed by atoms with Crippen molar-refractivity contribution in [1.82, 2.24) is 0 Å². The summed E-state index contributed by atoms with van der Waals surface area (Å²) in [5.41, 5.74) is 4.61. The van der Waals surface area contributed by atoms with E-state index in [0.29, 0.717) is 11.5 Å². The molecule has 4 nitrogen and oxygen atoms in total. The van der Waals surface area contributed by atoms with Crippen LogP contribution in [0.5, 0.6) is 0 Å². The molecular formula is C34H26O4. The maximum Gasteiger partial charge on any atom is 0.202 e. The van der Waals surface area contributed by atoms with Gasteiger partial charge in [-0.15, -0.1) is 0 Å². The summed E-state index contributed by atoms with van der Waals surface area (Å²) < 4.78 is 10.9. The van der Waals surface area contributed by atoms with Gasteiger partial charge in [-0.05, 0) is 46.5 Å². The van der Waals surface area contributed by atoms with E-state index >= 15 is 0 Å². The topological polar surface area (TPSA) is 60.4 Å². The number of hydrogen-bond donors (Lipinski definition) is 0. The van der Waals surface area contributed by atoms with E-state index in [-0.39, 0.29) is 47.1 Å². The Hall–Kier alpha value is -4.44. The van der Waals surface area contributed by atoms with Gasteiger partial charge in [-0.3, -0.25) is 9.59 Å². The third-order valence-electron chi connectivity index (χ3n) is 8.25. The fourth-order valence-electron chi connectivity index (χ4n) is 6.39. The first-order valence-electron chi connectivity index (χ1n) is 13.1. The van der Waals surface area contributed by atoms with Gasteiger partial charge in [0.15, 0.2) is 11.5 Å². The Labute approximate surface area is 220 Å². The Kier molecular flexibility index (Phi) is 5.47. The second kappa shape index (κ2) is 9.14. The normalized spacial score (nSPS) is 25.6. The van der Waals surface area contributed by atoms with Crippen LogP contribution in [0.25, 0.3) is 0 Å². The number of hydrogen-bond acceptors (Lipinski definition) is 4. The second-order valence-corrected chi connectivity index (χ2v) is 10.3. The van der Waals surface area contributed by atoms with Crippen molar-refractivity contribution in [3.05, 3.63) is 155 Å². The molecule has 2 aliphatic rings. The number of carbonyl (C=O) groups excluding carboxylic acids is 2. The van der Waals surface area contributed by atoms with Gasteiger partial charge in [-0.1, -0.05) is 84.9 Å². The summed E-state index contributed by atoms with van der Waals surface area (Å²) in [6.07, 6.45) is 3.10. The summed E-state index contributed by atoms with van der Waals surface area (Å²) >= 11 is 0. The zero-order valence-electron chi connectivity index (χ0n) is 20.6. The second-order valence-electron chi connectivity index (χ2n) is 10.3.